The van der Waals surface area contributed by atoms with Gasteiger partial charge in [-0.25, -0.2) is 0 Å². The van der Waals surface area contributed by atoms with Crippen LogP contribution < -0.4 is 0 Å². The number of aliphatic hydroxyl groups is 1. The van der Waals surface area contributed by atoms with Gasteiger partial charge in [0.25, 0.3) is 0 Å². The third-order valence-electron chi connectivity index (χ3n) is 2.00. The Morgan fingerprint density at radius 1 is 1.40 bits per heavy atom. The fourth-order valence-corrected chi connectivity index (χ4v) is 2.63. The van der Waals surface area contributed by atoms with E-state index in [2.05, 4.69) is 0 Å². The third-order valence-corrected chi connectivity index (χ3v) is 4.18. The minimum atomic E-state index is 0.232. The molecule has 0 saturated heterocycles. The SMILES string of the molecule is CC(CO)CSCc1cccc(Cl)c1Cl. The van der Waals surface area contributed by atoms with E-state index in [9.17, 15) is 0 Å². The van der Waals surface area contributed by atoms with Crippen molar-refractivity contribution >= 4 is 35.0 Å². The van der Waals surface area contributed by atoms with Gasteiger partial charge in [-0.05, 0) is 23.3 Å². The van der Waals surface area contributed by atoms with Crippen molar-refractivity contribution in [2.45, 2.75) is 12.7 Å². The summed E-state index contributed by atoms with van der Waals surface area (Å²) in [4.78, 5) is 0. The molecule has 1 aromatic carbocycles. The first-order valence-electron chi connectivity index (χ1n) is 4.76. The number of hydrogen-bond donors (Lipinski definition) is 1. The first-order chi connectivity index (χ1) is 7.15. The smallest absolute Gasteiger partial charge is 0.0632 e. The number of rotatable bonds is 5. The lowest BCUT2D eigenvalue weighted by atomic mass is 10.2. The molecule has 0 aliphatic rings. The van der Waals surface area contributed by atoms with Crippen molar-refractivity contribution in [3.05, 3.63) is 33.8 Å². The van der Waals surface area contributed by atoms with E-state index < -0.39 is 0 Å². The molecule has 1 nitrogen and oxygen atoms in total. The lowest BCUT2D eigenvalue weighted by molar-refractivity contribution is 0.250. The van der Waals surface area contributed by atoms with Crippen molar-refractivity contribution in [2.75, 3.05) is 12.4 Å². The van der Waals surface area contributed by atoms with Gasteiger partial charge >= 0.3 is 0 Å². The minimum Gasteiger partial charge on any atom is -0.396 e. The molecule has 1 unspecified atom stereocenters. The molecule has 0 fully saturated rings. The molecule has 4 heteroatoms. The van der Waals surface area contributed by atoms with E-state index >= 15 is 0 Å². The van der Waals surface area contributed by atoms with E-state index in [-0.39, 0.29) is 6.61 Å². The zero-order valence-corrected chi connectivity index (χ0v) is 10.9. The highest BCUT2D eigenvalue weighted by Gasteiger charge is 2.05. The Labute approximate surface area is 105 Å². The van der Waals surface area contributed by atoms with Crippen molar-refractivity contribution in [1.82, 2.24) is 0 Å². The predicted octanol–water partition coefficient (Wildman–Crippen LogP) is 3.86. The Morgan fingerprint density at radius 3 is 2.80 bits per heavy atom. The molecule has 0 aromatic heterocycles. The normalized spacial score (nSPS) is 12.8. The zero-order valence-electron chi connectivity index (χ0n) is 8.54. The average molecular weight is 265 g/mol. The standard InChI is InChI=1S/C11H14Cl2OS/c1-8(5-14)6-15-7-9-3-2-4-10(12)11(9)13/h2-4,8,14H,5-7H2,1H3. The molecule has 0 aliphatic carbocycles. The molecule has 0 aliphatic heterocycles. The predicted molar refractivity (Wildman–Crippen MR) is 68.9 cm³/mol. The fourth-order valence-electron chi connectivity index (χ4n) is 1.08. The summed E-state index contributed by atoms with van der Waals surface area (Å²) in [6, 6.07) is 5.67. The Morgan fingerprint density at radius 2 is 2.13 bits per heavy atom. The summed E-state index contributed by atoms with van der Waals surface area (Å²) in [5.74, 6) is 2.09. The number of benzene rings is 1. The molecule has 0 saturated carbocycles. The molecule has 0 spiro atoms. The molecule has 1 atom stereocenters. The van der Waals surface area contributed by atoms with Crippen LogP contribution in [-0.4, -0.2) is 17.5 Å². The molecule has 0 heterocycles. The second-order valence-corrected chi connectivity index (χ2v) is 5.33. The van der Waals surface area contributed by atoms with Crippen molar-refractivity contribution in [3.8, 4) is 0 Å². The van der Waals surface area contributed by atoms with Crippen LogP contribution in [0.3, 0.4) is 0 Å². The van der Waals surface area contributed by atoms with Crippen LogP contribution in [-0.2, 0) is 5.75 Å². The molecule has 0 bridgehead atoms. The van der Waals surface area contributed by atoms with Gasteiger partial charge in [-0.2, -0.15) is 11.8 Å². The van der Waals surface area contributed by atoms with Crippen molar-refractivity contribution in [2.24, 2.45) is 5.92 Å². The van der Waals surface area contributed by atoms with Gasteiger partial charge in [0.05, 0.1) is 10.0 Å². The first kappa shape index (κ1) is 13.2. The van der Waals surface area contributed by atoms with Crippen molar-refractivity contribution < 1.29 is 5.11 Å². The molecule has 0 amide bonds. The molecule has 84 valence electrons. The summed E-state index contributed by atoms with van der Waals surface area (Å²) < 4.78 is 0. The fraction of sp³-hybridized carbons (Fsp3) is 0.455. The summed E-state index contributed by atoms with van der Waals surface area (Å²) in [5.41, 5.74) is 1.05. The second kappa shape index (κ2) is 6.64. The van der Waals surface area contributed by atoms with Gasteiger partial charge in [-0.3, -0.25) is 0 Å². The number of thioether (sulfide) groups is 1. The van der Waals surface area contributed by atoms with Gasteiger partial charge < -0.3 is 5.11 Å². The minimum absolute atomic E-state index is 0.232. The molecule has 0 radical (unpaired) electrons. The van der Waals surface area contributed by atoms with E-state index in [4.69, 9.17) is 28.3 Å². The molecular weight excluding hydrogens is 251 g/mol. The van der Waals surface area contributed by atoms with Crippen LogP contribution >= 0.6 is 35.0 Å². The number of hydrogen-bond acceptors (Lipinski definition) is 2. The average Bonchev–Trinajstić information content (AvgIpc) is 2.24. The summed E-state index contributed by atoms with van der Waals surface area (Å²) in [5, 5.41) is 10.1. The summed E-state index contributed by atoms with van der Waals surface area (Å²) in [6.07, 6.45) is 0. The van der Waals surface area contributed by atoms with Gasteiger partial charge in [0.15, 0.2) is 0 Å². The Kier molecular flexibility index (Phi) is 5.83. The van der Waals surface area contributed by atoms with Crippen LogP contribution in [0.25, 0.3) is 0 Å². The van der Waals surface area contributed by atoms with Gasteiger partial charge in [0.1, 0.15) is 0 Å². The Hall–Kier alpha value is 0.110. The van der Waals surface area contributed by atoms with E-state index in [1.54, 1.807) is 17.8 Å². The summed E-state index contributed by atoms with van der Waals surface area (Å²) in [6.45, 7) is 2.25. The molecule has 1 rings (SSSR count). The largest absolute Gasteiger partial charge is 0.396 e. The highest BCUT2D eigenvalue weighted by molar-refractivity contribution is 7.98. The lowest BCUT2D eigenvalue weighted by Gasteiger charge is -2.08. The first-order valence-corrected chi connectivity index (χ1v) is 6.67. The van der Waals surface area contributed by atoms with Gasteiger partial charge in [-0.15, -0.1) is 0 Å². The molecule has 15 heavy (non-hydrogen) atoms. The highest BCUT2D eigenvalue weighted by Crippen LogP contribution is 2.28. The molecular formula is C11H14Cl2OS. The van der Waals surface area contributed by atoms with E-state index in [1.807, 2.05) is 19.1 Å². The summed E-state index contributed by atoms with van der Waals surface area (Å²) >= 11 is 13.7. The van der Waals surface area contributed by atoms with E-state index in [0.717, 1.165) is 17.1 Å². The quantitative estimate of drug-likeness (QED) is 0.872. The van der Waals surface area contributed by atoms with Gasteiger partial charge in [-0.1, -0.05) is 42.3 Å². The van der Waals surface area contributed by atoms with Crippen LogP contribution in [0.15, 0.2) is 18.2 Å². The maximum atomic E-state index is 8.87. The third kappa shape index (κ3) is 4.23. The lowest BCUT2D eigenvalue weighted by Crippen LogP contribution is -2.03. The monoisotopic (exact) mass is 264 g/mol. The number of halogens is 2. The molecule has 1 N–H and O–H groups in total. The Balaban J connectivity index is 2.47. The van der Waals surface area contributed by atoms with Gasteiger partial charge in [0.2, 0.25) is 0 Å². The van der Waals surface area contributed by atoms with E-state index in [1.165, 1.54) is 0 Å². The number of aliphatic hydroxyl groups excluding tert-OH is 1. The van der Waals surface area contributed by atoms with Crippen LogP contribution in [0.2, 0.25) is 10.0 Å². The van der Waals surface area contributed by atoms with Crippen LogP contribution in [0.4, 0.5) is 0 Å². The van der Waals surface area contributed by atoms with Gasteiger partial charge in [0, 0.05) is 12.4 Å². The van der Waals surface area contributed by atoms with Crippen LogP contribution in [0.1, 0.15) is 12.5 Å². The van der Waals surface area contributed by atoms with E-state index in [0.29, 0.717) is 16.0 Å². The molecule has 1 aromatic rings. The zero-order chi connectivity index (χ0) is 11.3. The highest BCUT2D eigenvalue weighted by atomic mass is 35.5. The summed E-state index contributed by atoms with van der Waals surface area (Å²) in [7, 11) is 0. The maximum absolute atomic E-state index is 8.87. The maximum Gasteiger partial charge on any atom is 0.0632 e. The second-order valence-electron chi connectivity index (χ2n) is 3.52. The van der Waals surface area contributed by atoms with Crippen LogP contribution in [0, 0.1) is 5.92 Å². The van der Waals surface area contributed by atoms with Crippen molar-refractivity contribution in [1.29, 1.82) is 0 Å². The van der Waals surface area contributed by atoms with Crippen LogP contribution in [0.5, 0.6) is 0 Å². The topological polar surface area (TPSA) is 20.2 Å². The van der Waals surface area contributed by atoms with Crippen molar-refractivity contribution in [3.63, 3.8) is 0 Å². The Bertz CT molecular complexity index is 317.